The van der Waals surface area contributed by atoms with Crippen LogP contribution in [-0.2, 0) is 0 Å². The molecule has 0 spiro atoms. The van der Waals surface area contributed by atoms with Gasteiger partial charge >= 0.3 is 0 Å². The SMILES string of the molecule is Cc1cccc2c1oc1c(N(c3ccccc3)c3ccc4ccc5c(N(c6ccccc6)c6cccc7c6oc6c(C)cccc67)ccc6ccc3c4c65)cccc12. The van der Waals surface area contributed by atoms with Crippen LogP contribution in [0.1, 0.15) is 11.1 Å². The number of nitrogens with zero attached hydrogens (tertiary/aromatic N) is 2. The topological polar surface area (TPSA) is 32.8 Å². The molecule has 0 amide bonds. The van der Waals surface area contributed by atoms with Crippen LogP contribution in [0.2, 0.25) is 0 Å². The van der Waals surface area contributed by atoms with Gasteiger partial charge < -0.3 is 18.6 Å². The normalized spacial score (nSPS) is 12.0. The number of hydrogen-bond donors (Lipinski definition) is 0. The molecule has 0 aliphatic carbocycles. The zero-order valence-electron chi connectivity index (χ0n) is 32.0. The molecule has 0 aliphatic heterocycles. The first-order valence-corrected chi connectivity index (χ1v) is 19.8. The number of benzene rings is 10. The molecule has 0 bridgehead atoms. The fraction of sp³-hybridized carbons (Fsp3) is 0.0370. The molecule has 2 aromatic heterocycles. The Balaban J connectivity index is 1.13. The Morgan fingerprint density at radius 2 is 0.672 bits per heavy atom. The van der Waals surface area contributed by atoms with Crippen LogP contribution < -0.4 is 9.80 Å². The first-order chi connectivity index (χ1) is 28.6. The van der Waals surface area contributed by atoms with Crippen molar-refractivity contribution in [2.24, 2.45) is 0 Å². The molecule has 0 N–H and O–H groups in total. The predicted octanol–water partition coefficient (Wildman–Crippen LogP) is 15.9. The first kappa shape index (κ1) is 32.7. The van der Waals surface area contributed by atoms with Crippen molar-refractivity contribution < 1.29 is 8.83 Å². The Labute approximate surface area is 334 Å². The number of anilines is 6. The van der Waals surface area contributed by atoms with Crippen molar-refractivity contribution >= 4 is 110 Å². The van der Waals surface area contributed by atoms with E-state index in [1.54, 1.807) is 0 Å². The number of para-hydroxylation sites is 6. The van der Waals surface area contributed by atoms with Crippen LogP contribution in [0, 0.1) is 13.8 Å². The van der Waals surface area contributed by atoms with E-state index in [9.17, 15) is 0 Å². The Kier molecular flexibility index (Phi) is 7.02. The van der Waals surface area contributed by atoms with Gasteiger partial charge in [-0.2, -0.15) is 0 Å². The fourth-order valence-electron chi connectivity index (χ4n) is 9.37. The molecule has 0 aliphatic rings. The standard InChI is InChI=1S/C54H36N2O2/c1-33-13-9-19-39-41-21-11-23-47(53(41)57-51(33)39)55(37-15-5-3-6-16-37)45-31-27-35-26-30-44-46(32-28-36-25-29-43(45)49(35)50(36)44)56(38-17-7-4-8-18-38)48-24-12-22-42-40-20-10-14-34(2)52(40)58-54(42)48/h3-32H,1-2H3. The summed E-state index contributed by atoms with van der Waals surface area (Å²) in [5.41, 5.74) is 12.2. The molecule has 4 nitrogen and oxygen atoms in total. The molecule has 0 atom stereocenters. The van der Waals surface area contributed by atoms with E-state index in [2.05, 4.69) is 206 Å². The molecule has 0 saturated heterocycles. The summed E-state index contributed by atoms with van der Waals surface area (Å²) in [5.74, 6) is 0. The van der Waals surface area contributed by atoms with Gasteiger partial charge in [0.05, 0.1) is 22.7 Å². The Hall–Kier alpha value is -7.56. The molecular formula is C54H36N2O2. The van der Waals surface area contributed by atoms with E-state index in [1.165, 1.54) is 32.3 Å². The molecule has 0 radical (unpaired) electrons. The number of aryl methyl sites for hydroxylation is 2. The lowest BCUT2D eigenvalue weighted by Crippen LogP contribution is -2.11. The van der Waals surface area contributed by atoms with E-state index in [1.807, 2.05) is 0 Å². The van der Waals surface area contributed by atoms with Crippen molar-refractivity contribution in [3.8, 4) is 0 Å². The average molecular weight is 745 g/mol. The lowest BCUT2D eigenvalue weighted by atomic mass is 9.91. The summed E-state index contributed by atoms with van der Waals surface area (Å²) in [5, 5.41) is 11.7. The van der Waals surface area contributed by atoms with E-state index < -0.39 is 0 Å². The second-order valence-corrected chi connectivity index (χ2v) is 15.3. The number of furan rings is 2. The van der Waals surface area contributed by atoms with E-state index in [-0.39, 0.29) is 0 Å². The summed E-state index contributed by atoms with van der Waals surface area (Å²) in [6, 6.07) is 65.3. The van der Waals surface area contributed by atoms with Crippen LogP contribution in [0.5, 0.6) is 0 Å². The molecule has 12 rings (SSSR count). The molecule has 0 saturated carbocycles. The second-order valence-electron chi connectivity index (χ2n) is 15.3. The highest BCUT2D eigenvalue weighted by Crippen LogP contribution is 2.50. The smallest absolute Gasteiger partial charge is 0.159 e. The molecule has 4 heteroatoms. The van der Waals surface area contributed by atoms with Gasteiger partial charge in [0.2, 0.25) is 0 Å². The summed E-state index contributed by atoms with van der Waals surface area (Å²) in [4.78, 5) is 4.74. The molecule has 58 heavy (non-hydrogen) atoms. The van der Waals surface area contributed by atoms with Gasteiger partial charge in [-0.25, -0.2) is 0 Å². The monoisotopic (exact) mass is 744 g/mol. The van der Waals surface area contributed by atoms with Crippen molar-refractivity contribution in [3.63, 3.8) is 0 Å². The summed E-state index contributed by atoms with van der Waals surface area (Å²) in [6.45, 7) is 4.23. The lowest BCUT2D eigenvalue weighted by Gasteiger charge is -2.29. The lowest BCUT2D eigenvalue weighted by molar-refractivity contribution is 0.665. The summed E-state index contributed by atoms with van der Waals surface area (Å²) in [7, 11) is 0. The van der Waals surface area contributed by atoms with E-state index >= 15 is 0 Å². The third kappa shape index (κ3) is 4.69. The third-order valence-electron chi connectivity index (χ3n) is 12.0. The van der Waals surface area contributed by atoms with Gasteiger partial charge in [0, 0.05) is 43.7 Å². The van der Waals surface area contributed by atoms with Gasteiger partial charge in [0.25, 0.3) is 0 Å². The van der Waals surface area contributed by atoms with Gasteiger partial charge in [-0.3, -0.25) is 0 Å². The highest BCUT2D eigenvalue weighted by molar-refractivity contribution is 6.28. The number of rotatable bonds is 6. The molecule has 12 aromatic rings. The van der Waals surface area contributed by atoms with Crippen molar-refractivity contribution in [2.45, 2.75) is 13.8 Å². The van der Waals surface area contributed by atoms with Gasteiger partial charge in [0.15, 0.2) is 11.2 Å². The van der Waals surface area contributed by atoms with Gasteiger partial charge in [-0.15, -0.1) is 0 Å². The van der Waals surface area contributed by atoms with Crippen LogP contribution >= 0.6 is 0 Å². The maximum atomic E-state index is 6.79. The maximum absolute atomic E-state index is 6.79. The molecule has 2 heterocycles. The number of fused-ring (bicyclic) bond motifs is 6. The zero-order chi connectivity index (χ0) is 38.5. The average Bonchev–Trinajstić information content (AvgIpc) is 3.86. The maximum Gasteiger partial charge on any atom is 0.159 e. The fourth-order valence-corrected chi connectivity index (χ4v) is 9.37. The minimum atomic E-state index is 0.872. The van der Waals surface area contributed by atoms with E-state index in [0.717, 1.165) is 89.1 Å². The van der Waals surface area contributed by atoms with Crippen molar-refractivity contribution in [2.75, 3.05) is 9.80 Å². The predicted molar refractivity (Wildman–Crippen MR) is 244 cm³/mol. The van der Waals surface area contributed by atoms with Crippen molar-refractivity contribution in [1.29, 1.82) is 0 Å². The van der Waals surface area contributed by atoms with Crippen LogP contribution in [-0.4, -0.2) is 0 Å². The highest BCUT2D eigenvalue weighted by Gasteiger charge is 2.25. The van der Waals surface area contributed by atoms with E-state index in [4.69, 9.17) is 8.83 Å². The van der Waals surface area contributed by atoms with Gasteiger partial charge in [-0.1, -0.05) is 133 Å². The number of hydrogen-bond acceptors (Lipinski definition) is 4. The zero-order valence-corrected chi connectivity index (χ0v) is 32.0. The third-order valence-corrected chi connectivity index (χ3v) is 12.0. The molecule has 0 unspecified atom stereocenters. The molecular weight excluding hydrogens is 709 g/mol. The Morgan fingerprint density at radius 3 is 1.10 bits per heavy atom. The quantitative estimate of drug-likeness (QED) is 0.159. The summed E-state index contributed by atoms with van der Waals surface area (Å²) in [6.07, 6.45) is 0. The summed E-state index contributed by atoms with van der Waals surface area (Å²) >= 11 is 0. The van der Waals surface area contributed by atoms with Crippen LogP contribution in [0.25, 0.3) is 76.2 Å². The largest absolute Gasteiger partial charge is 0.454 e. The minimum Gasteiger partial charge on any atom is -0.454 e. The van der Waals surface area contributed by atoms with Crippen LogP contribution in [0.15, 0.2) is 191 Å². The Bertz CT molecular complexity index is 3310. The Morgan fingerprint density at radius 1 is 0.293 bits per heavy atom. The molecule has 10 aromatic carbocycles. The molecule has 0 fully saturated rings. The van der Waals surface area contributed by atoms with E-state index in [0.29, 0.717) is 0 Å². The first-order valence-electron chi connectivity index (χ1n) is 19.8. The second kappa shape index (κ2) is 12.5. The highest BCUT2D eigenvalue weighted by atomic mass is 16.3. The van der Waals surface area contributed by atoms with Crippen molar-refractivity contribution in [1.82, 2.24) is 0 Å². The van der Waals surface area contributed by atoms with Gasteiger partial charge in [-0.05, 0) is 95.1 Å². The minimum absolute atomic E-state index is 0.872. The van der Waals surface area contributed by atoms with Gasteiger partial charge in [0.1, 0.15) is 11.2 Å². The van der Waals surface area contributed by atoms with Crippen LogP contribution in [0.4, 0.5) is 34.1 Å². The molecule has 274 valence electrons. The van der Waals surface area contributed by atoms with Crippen LogP contribution in [0.3, 0.4) is 0 Å². The van der Waals surface area contributed by atoms with Crippen molar-refractivity contribution in [3.05, 3.63) is 193 Å². The summed E-state index contributed by atoms with van der Waals surface area (Å²) < 4.78 is 13.6.